The van der Waals surface area contributed by atoms with Gasteiger partial charge in [-0.3, -0.25) is 34.0 Å². The summed E-state index contributed by atoms with van der Waals surface area (Å²) in [5.74, 6) is -3.50. The smallest absolute Gasteiger partial charge is 0.303 e. The summed E-state index contributed by atoms with van der Waals surface area (Å²) >= 11 is 0. The monoisotopic (exact) mass is 748 g/mol. The molecule has 6 atom stereocenters. The standard InChI is InChI=1S/C37H62N7O9/c1-9-13-29(41-37(51)33(24(7)10-2)42-30(45)16-12-17-31(46)47)35(49)40-27(18-22(3)4)21-38-25(8)34(48)43-32(23(5)6)36(50)39-20-26-14-11-15-28(19-26)44(52)53/h11,14-15,19,22-25,27,29,32-33,38,52H,9-10,12-13,16-18,20-21H2,1-8H3,(H,39,50)(H,40,49)(H,41,51)(H,42,45)(H,43,48)(H,46,47)/q-1/t24-,25-,27-,29-,32-,33-/m0/s1. The fourth-order valence-electron chi connectivity index (χ4n) is 5.54. The molecule has 0 aliphatic heterocycles. The number of anilines is 1. The Hall–Kier alpha value is -4.28. The summed E-state index contributed by atoms with van der Waals surface area (Å²) in [6.45, 7) is 15.1. The third-order valence-electron chi connectivity index (χ3n) is 8.83. The van der Waals surface area contributed by atoms with Crippen LogP contribution < -0.4 is 37.1 Å². The molecule has 16 nitrogen and oxygen atoms in total. The molecule has 0 saturated heterocycles. The number of aliphatic carboxylic acids is 1. The van der Waals surface area contributed by atoms with Crippen LogP contribution in [0, 0.1) is 23.0 Å². The van der Waals surface area contributed by atoms with E-state index in [4.69, 9.17) is 10.3 Å². The molecule has 0 saturated carbocycles. The van der Waals surface area contributed by atoms with Crippen LogP contribution >= 0.6 is 0 Å². The lowest BCUT2D eigenvalue weighted by Gasteiger charge is -2.29. The van der Waals surface area contributed by atoms with E-state index < -0.39 is 65.7 Å². The molecular weight excluding hydrogens is 686 g/mol. The second kappa shape index (κ2) is 24.1. The van der Waals surface area contributed by atoms with Crippen LogP contribution in [0.3, 0.4) is 0 Å². The highest BCUT2D eigenvalue weighted by Crippen LogP contribution is 2.14. The molecule has 1 aromatic carbocycles. The molecule has 16 heteroatoms. The fourth-order valence-corrected chi connectivity index (χ4v) is 5.54. The number of carbonyl (C=O) groups excluding carboxylic acids is 5. The van der Waals surface area contributed by atoms with Crippen molar-refractivity contribution in [3.63, 3.8) is 0 Å². The number of amides is 5. The van der Waals surface area contributed by atoms with Gasteiger partial charge in [0.2, 0.25) is 29.5 Å². The zero-order chi connectivity index (χ0) is 40.2. The van der Waals surface area contributed by atoms with Gasteiger partial charge in [-0.1, -0.05) is 73.4 Å². The average molecular weight is 749 g/mol. The number of hydrogen-bond acceptors (Lipinski definition) is 10. The Morgan fingerprint density at radius 2 is 1.51 bits per heavy atom. The second-order valence-electron chi connectivity index (χ2n) is 14.4. The third-order valence-corrected chi connectivity index (χ3v) is 8.83. The van der Waals surface area contributed by atoms with Gasteiger partial charge in [0.05, 0.1) is 11.7 Å². The predicted molar refractivity (Wildman–Crippen MR) is 201 cm³/mol. The van der Waals surface area contributed by atoms with Crippen molar-refractivity contribution < 1.29 is 39.1 Å². The lowest BCUT2D eigenvalue weighted by atomic mass is 9.97. The molecule has 5 amide bonds. The highest BCUT2D eigenvalue weighted by Gasteiger charge is 2.31. The van der Waals surface area contributed by atoms with Crippen LogP contribution in [-0.2, 0) is 35.3 Å². The minimum absolute atomic E-state index is 0.0199. The summed E-state index contributed by atoms with van der Waals surface area (Å²) in [5, 5.41) is 46.2. The minimum atomic E-state index is -1.01. The summed E-state index contributed by atoms with van der Waals surface area (Å²) in [7, 11) is 0. The van der Waals surface area contributed by atoms with Crippen molar-refractivity contribution in [3.05, 3.63) is 35.0 Å². The number of benzene rings is 1. The van der Waals surface area contributed by atoms with E-state index in [0.29, 0.717) is 31.2 Å². The molecule has 0 bridgehead atoms. The molecule has 0 aliphatic rings. The van der Waals surface area contributed by atoms with Crippen LogP contribution in [-0.4, -0.2) is 82.6 Å². The van der Waals surface area contributed by atoms with Crippen LogP contribution in [0.5, 0.6) is 0 Å². The van der Waals surface area contributed by atoms with E-state index >= 15 is 0 Å². The topological polar surface area (TPSA) is 241 Å². The van der Waals surface area contributed by atoms with Crippen molar-refractivity contribution in [1.29, 1.82) is 0 Å². The van der Waals surface area contributed by atoms with E-state index in [1.165, 1.54) is 12.1 Å². The predicted octanol–water partition coefficient (Wildman–Crippen LogP) is 2.72. The molecule has 0 aliphatic carbocycles. The summed E-state index contributed by atoms with van der Waals surface area (Å²) in [5.41, 5.74) is 0.604. The van der Waals surface area contributed by atoms with E-state index in [2.05, 4.69) is 31.9 Å². The number of nitrogens with zero attached hydrogens (tertiary/aromatic N) is 1. The first kappa shape index (κ1) is 46.7. The first-order valence-corrected chi connectivity index (χ1v) is 18.6. The van der Waals surface area contributed by atoms with Crippen molar-refractivity contribution in [2.24, 2.45) is 17.8 Å². The van der Waals surface area contributed by atoms with E-state index in [-0.39, 0.29) is 61.0 Å². The van der Waals surface area contributed by atoms with Gasteiger partial charge < -0.3 is 47.4 Å². The molecule has 1 aromatic rings. The van der Waals surface area contributed by atoms with Gasteiger partial charge in [-0.2, -0.15) is 0 Å². The van der Waals surface area contributed by atoms with Crippen LogP contribution in [0.1, 0.15) is 106 Å². The van der Waals surface area contributed by atoms with E-state index in [9.17, 15) is 34.0 Å². The van der Waals surface area contributed by atoms with Crippen molar-refractivity contribution >= 4 is 41.2 Å². The summed E-state index contributed by atoms with van der Waals surface area (Å²) in [6.07, 6.45) is 2.03. The van der Waals surface area contributed by atoms with Crippen LogP contribution in [0.2, 0.25) is 0 Å². The van der Waals surface area contributed by atoms with Gasteiger partial charge in [0.15, 0.2) is 0 Å². The van der Waals surface area contributed by atoms with Gasteiger partial charge in [-0.05, 0) is 61.6 Å². The summed E-state index contributed by atoms with van der Waals surface area (Å²) < 4.78 is 0. The lowest BCUT2D eigenvalue weighted by Crippen LogP contribution is -2.58. The Bertz CT molecular complexity index is 1340. The number of nitrogens with one attached hydrogen (secondary N) is 6. The Labute approximate surface area is 313 Å². The maximum Gasteiger partial charge on any atom is 0.303 e. The highest BCUT2D eigenvalue weighted by molar-refractivity contribution is 5.92. The van der Waals surface area contributed by atoms with Gasteiger partial charge in [-0.25, -0.2) is 0 Å². The SMILES string of the molecule is CCC[C@H](NC(=O)[C@@H](NC(=O)CCCC(=O)O)[C@@H](C)CC)C(=O)N[C@H](CN[C@@H](C)C(=O)N[C@H](C(=O)NCc1cccc(N([O-])O)c1)C(C)C)CC(C)C. The van der Waals surface area contributed by atoms with Crippen molar-refractivity contribution in [3.8, 4) is 0 Å². The van der Waals surface area contributed by atoms with Gasteiger partial charge in [0.1, 0.15) is 18.1 Å². The quantitative estimate of drug-likeness (QED) is 0.0676. The van der Waals surface area contributed by atoms with Crippen molar-refractivity contribution in [2.45, 2.75) is 137 Å². The number of carboxylic acid groups (broad SMARTS) is 1. The molecule has 0 fully saturated rings. The van der Waals surface area contributed by atoms with Crippen LogP contribution in [0.4, 0.5) is 5.69 Å². The normalized spacial score (nSPS) is 14.6. The first-order chi connectivity index (χ1) is 24.9. The number of hydrogen-bond donors (Lipinski definition) is 8. The zero-order valence-corrected chi connectivity index (χ0v) is 32.5. The minimum Gasteiger partial charge on any atom is -0.733 e. The lowest BCUT2D eigenvalue weighted by molar-refractivity contribution is -0.137. The maximum absolute atomic E-state index is 13.6. The molecule has 8 N–H and O–H groups in total. The molecule has 300 valence electrons. The van der Waals surface area contributed by atoms with Gasteiger partial charge in [0, 0.05) is 32.0 Å². The zero-order valence-electron chi connectivity index (χ0n) is 32.5. The van der Waals surface area contributed by atoms with Gasteiger partial charge >= 0.3 is 5.97 Å². The van der Waals surface area contributed by atoms with E-state index in [0.717, 1.165) is 0 Å². The van der Waals surface area contributed by atoms with Crippen LogP contribution in [0.15, 0.2) is 24.3 Å². The number of carboxylic acids is 1. The molecular formula is C37H62N7O9-. The molecule has 0 aromatic heterocycles. The number of rotatable bonds is 25. The van der Waals surface area contributed by atoms with Crippen LogP contribution in [0.25, 0.3) is 0 Å². The van der Waals surface area contributed by atoms with E-state index in [1.54, 1.807) is 32.9 Å². The summed E-state index contributed by atoms with van der Waals surface area (Å²) in [6, 6.07) is 2.33. The molecule has 1 rings (SSSR count). The van der Waals surface area contributed by atoms with Gasteiger partial charge in [-0.15, -0.1) is 0 Å². The number of carbonyl (C=O) groups is 6. The maximum atomic E-state index is 13.6. The Kier molecular flexibility index (Phi) is 21.3. The molecule has 0 spiro atoms. The van der Waals surface area contributed by atoms with Gasteiger partial charge in [0.25, 0.3) is 0 Å². The molecule has 0 heterocycles. The molecule has 0 radical (unpaired) electrons. The fraction of sp³-hybridized carbons (Fsp3) is 0.676. The molecule has 0 unspecified atom stereocenters. The van der Waals surface area contributed by atoms with E-state index in [1.807, 2.05) is 34.6 Å². The Morgan fingerprint density at radius 3 is 2.08 bits per heavy atom. The Morgan fingerprint density at radius 1 is 0.830 bits per heavy atom. The third kappa shape index (κ3) is 17.9. The largest absolute Gasteiger partial charge is 0.733 e. The first-order valence-electron chi connectivity index (χ1n) is 18.6. The highest BCUT2D eigenvalue weighted by atomic mass is 16.8. The van der Waals surface area contributed by atoms with Crippen molar-refractivity contribution in [2.75, 3.05) is 11.8 Å². The summed E-state index contributed by atoms with van der Waals surface area (Å²) in [4.78, 5) is 76.7. The average Bonchev–Trinajstić information content (AvgIpc) is 3.09. The second-order valence-corrected chi connectivity index (χ2v) is 14.4. The molecule has 53 heavy (non-hydrogen) atoms. The van der Waals surface area contributed by atoms with Crippen molar-refractivity contribution in [1.82, 2.24) is 31.9 Å². The Balaban J connectivity index is 2.91.